The average molecular weight is 330 g/mol. The minimum Gasteiger partial charge on any atom is -0.492 e. The van der Waals surface area contributed by atoms with Crippen LogP contribution in [0.1, 0.15) is 45.1 Å². The first-order valence-corrected chi connectivity index (χ1v) is 8.25. The highest BCUT2D eigenvalue weighted by molar-refractivity contribution is 6.35. The molecule has 0 saturated heterocycles. The van der Waals surface area contributed by atoms with Gasteiger partial charge in [-0.2, -0.15) is 0 Å². The van der Waals surface area contributed by atoms with Crippen LogP contribution in [0.2, 0.25) is 10.0 Å². The molecule has 0 spiro atoms. The van der Waals surface area contributed by atoms with Gasteiger partial charge in [-0.15, -0.1) is 6.58 Å². The van der Waals surface area contributed by atoms with Gasteiger partial charge in [-0.1, -0.05) is 43.1 Å². The first-order valence-electron chi connectivity index (χ1n) is 7.49. The molecule has 0 amide bonds. The van der Waals surface area contributed by atoms with Crippen LogP contribution in [-0.2, 0) is 6.54 Å². The maximum absolute atomic E-state index is 6.26. The number of ether oxygens (including phenoxy) is 1. The highest BCUT2D eigenvalue weighted by atomic mass is 35.5. The van der Waals surface area contributed by atoms with E-state index in [0.29, 0.717) is 29.2 Å². The van der Waals surface area contributed by atoms with E-state index >= 15 is 0 Å². The molecule has 0 aliphatic heterocycles. The van der Waals surface area contributed by atoms with E-state index < -0.39 is 0 Å². The number of halogens is 2. The molecule has 1 aromatic rings. The normalized spacial score (nSPS) is 10.9. The molecule has 0 saturated carbocycles. The van der Waals surface area contributed by atoms with Crippen molar-refractivity contribution in [3.05, 3.63) is 40.4 Å². The van der Waals surface area contributed by atoms with Crippen molar-refractivity contribution in [2.75, 3.05) is 6.61 Å². The molecule has 0 atom stereocenters. The van der Waals surface area contributed by atoms with E-state index in [1.165, 1.54) is 0 Å². The lowest BCUT2D eigenvalue weighted by Gasteiger charge is -2.15. The molecule has 1 aromatic carbocycles. The second kappa shape index (κ2) is 10.1. The third-order valence-electron chi connectivity index (χ3n) is 3.09. The van der Waals surface area contributed by atoms with E-state index in [1.807, 2.05) is 12.1 Å². The van der Waals surface area contributed by atoms with Crippen LogP contribution in [-0.4, -0.2) is 12.6 Å². The fourth-order valence-electron chi connectivity index (χ4n) is 1.96. The Labute approximate surface area is 138 Å². The predicted molar refractivity (Wildman–Crippen MR) is 92.6 cm³/mol. The number of nitrogens with one attached hydrogen (secondary N) is 1. The van der Waals surface area contributed by atoms with Gasteiger partial charge >= 0.3 is 0 Å². The van der Waals surface area contributed by atoms with Crippen molar-refractivity contribution in [2.45, 2.75) is 52.1 Å². The Kier molecular flexibility index (Phi) is 8.82. The summed E-state index contributed by atoms with van der Waals surface area (Å²) >= 11 is 12.3. The van der Waals surface area contributed by atoms with Crippen LogP contribution in [0.4, 0.5) is 0 Å². The summed E-state index contributed by atoms with van der Waals surface area (Å²) in [6, 6.07) is 4.04. The molecule has 0 bridgehead atoms. The fraction of sp³-hybridized carbons (Fsp3) is 0.529. The highest BCUT2D eigenvalue weighted by Gasteiger charge is 2.11. The second-order valence-corrected chi connectivity index (χ2v) is 6.24. The molecule has 0 aliphatic carbocycles. The summed E-state index contributed by atoms with van der Waals surface area (Å²) in [7, 11) is 0. The number of unbranched alkanes of at least 4 members (excludes halogenated alkanes) is 3. The van der Waals surface area contributed by atoms with Crippen molar-refractivity contribution in [1.82, 2.24) is 5.32 Å². The quantitative estimate of drug-likeness (QED) is 0.444. The van der Waals surface area contributed by atoms with Gasteiger partial charge in [0.1, 0.15) is 5.75 Å². The lowest BCUT2D eigenvalue weighted by atomic mass is 10.1. The first kappa shape index (κ1) is 18.3. The zero-order valence-corrected chi connectivity index (χ0v) is 14.4. The molecule has 2 nitrogen and oxygen atoms in total. The minimum absolute atomic E-state index is 0.398. The van der Waals surface area contributed by atoms with Crippen molar-refractivity contribution in [3.8, 4) is 5.75 Å². The molecule has 0 aliphatic rings. The summed E-state index contributed by atoms with van der Waals surface area (Å²) in [6.45, 7) is 9.30. The molecule has 21 heavy (non-hydrogen) atoms. The average Bonchev–Trinajstić information content (AvgIpc) is 2.42. The second-order valence-electron chi connectivity index (χ2n) is 5.40. The lowest BCUT2D eigenvalue weighted by Crippen LogP contribution is -2.22. The zero-order chi connectivity index (χ0) is 15.7. The topological polar surface area (TPSA) is 21.3 Å². The van der Waals surface area contributed by atoms with Crippen LogP contribution >= 0.6 is 23.2 Å². The summed E-state index contributed by atoms with van der Waals surface area (Å²) < 4.78 is 5.88. The number of hydrogen-bond donors (Lipinski definition) is 1. The molecule has 0 unspecified atom stereocenters. The number of rotatable bonds is 10. The summed E-state index contributed by atoms with van der Waals surface area (Å²) in [6.07, 6.45) is 6.32. The van der Waals surface area contributed by atoms with Crippen LogP contribution in [0.25, 0.3) is 0 Å². The Morgan fingerprint density at radius 2 is 2.00 bits per heavy atom. The Hall–Kier alpha value is -0.700. The first-order chi connectivity index (χ1) is 10.0. The van der Waals surface area contributed by atoms with E-state index in [0.717, 1.165) is 37.0 Å². The molecule has 1 rings (SSSR count). The van der Waals surface area contributed by atoms with Gasteiger partial charge in [-0.05, 0) is 37.8 Å². The molecular weight excluding hydrogens is 305 g/mol. The number of allylic oxidation sites excluding steroid dienone is 1. The standard InChI is InChI=1S/C17H25Cl2NO/c1-4-5-6-7-8-9-21-17-14(12-20-13(2)3)10-15(18)11-16(17)19/h4,10-11,13,20H,1,5-9,12H2,2-3H3. The van der Waals surface area contributed by atoms with Crippen molar-refractivity contribution < 1.29 is 4.74 Å². The van der Waals surface area contributed by atoms with Gasteiger partial charge in [0.05, 0.1) is 11.6 Å². The molecular formula is C17H25Cl2NO. The van der Waals surface area contributed by atoms with Gasteiger partial charge in [-0.25, -0.2) is 0 Å². The van der Waals surface area contributed by atoms with Crippen molar-refractivity contribution in [1.29, 1.82) is 0 Å². The van der Waals surface area contributed by atoms with Gasteiger partial charge in [0.25, 0.3) is 0 Å². The number of benzene rings is 1. The van der Waals surface area contributed by atoms with E-state index in [1.54, 1.807) is 6.07 Å². The highest BCUT2D eigenvalue weighted by Crippen LogP contribution is 2.32. The van der Waals surface area contributed by atoms with Crippen molar-refractivity contribution >= 4 is 23.2 Å². The Balaban J connectivity index is 2.59. The molecule has 118 valence electrons. The van der Waals surface area contributed by atoms with Crippen LogP contribution < -0.4 is 10.1 Å². The van der Waals surface area contributed by atoms with Crippen molar-refractivity contribution in [3.63, 3.8) is 0 Å². The van der Waals surface area contributed by atoms with Crippen LogP contribution in [0.3, 0.4) is 0 Å². The van der Waals surface area contributed by atoms with Gasteiger partial charge in [-0.3, -0.25) is 0 Å². The third kappa shape index (κ3) is 7.21. The SMILES string of the molecule is C=CCCCCCOc1c(Cl)cc(Cl)cc1CNC(C)C. The van der Waals surface area contributed by atoms with Crippen LogP contribution in [0, 0.1) is 0 Å². The molecule has 0 fully saturated rings. The molecule has 0 radical (unpaired) electrons. The largest absolute Gasteiger partial charge is 0.492 e. The number of hydrogen-bond acceptors (Lipinski definition) is 2. The summed E-state index contributed by atoms with van der Waals surface area (Å²) in [5.74, 6) is 0.748. The Morgan fingerprint density at radius 3 is 2.67 bits per heavy atom. The van der Waals surface area contributed by atoms with E-state index in [2.05, 4.69) is 25.7 Å². The van der Waals surface area contributed by atoms with Gasteiger partial charge in [0.15, 0.2) is 0 Å². The van der Waals surface area contributed by atoms with Gasteiger partial charge in [0, 0.05) is 23.2 Å². The molecule has 0 aromatic heterocycles. The van der Waals surface area contributed by atoms with Crippen LogP contribution in [0.5, 0.6) is 5.75 Å². The van der Waals surface area contributed by atoms with Gasteiger partial charge in [0.2, 0.25) is 0 Å². The van der Waals surface area contributed by atoms with E-state index in [9.17, 15) is 0 Å². The molecule has 1 N–H and O–H groups in total. The fourth-order valence-corrected chi connectivity index (χ4v) is 2.55. The summed E-state index contributed by atoms with van der Waals surface area (Å²) in [5.41, 5.74) is 1.01. The maximum Gasteiger partial charge on any atom is 0.142 e. The summed E-state index contributed by atoms with van der Waals surface area (Å²) in [4.78, 5) is 0. The predicted octanol–water partition coefficient (Wildman–Crippen LogP) is 5.62. The molecule has 0 heterocycles. The van der Waals surface area contributed by atoms with Gasteiger partial charge < -0.3 is 10.1 Å². The third-order valence-corrected chi connectivity index (χ3v) is 3.58. The van der Waals surface area contributed by atoms with Crippen molar-refractivity contribution in [2.24, 2.45) is 0 Å². The van der Waals surface area contributed by atoms with Crippen LogP contribution in [0.15, 0.2) is 24.8 Å². The maximum atomic E-state index is 6.26. The Morgan fingerprint density at radius 1 is 1.24 bits per heavy atom. The lowest BCUT2D eigenvalue weighted by molar-refractivity contribution is 0.301. The summed E-state index contributed by atoms with van der Waals surface area (Å²) in [5, 5.41) is 4.58. The zero-order valence-electron chi connectivity index (χ0n) is 12.9. The smallest absolute Gasteiger partial charge is 0.142 e. The van der Waals surface area contributed by atoms with E-state index in [4.69, 9.17) is 27.9 Å². The van der Waals surface area contributed by atoms with E-state index in [-0.39, 0.29) is 0 Å². The Bertz CT molecular complexity index is 447. The minimum atomic E-state index is 0.398. The monoisotopic (exact) mass is 329 g/mol. The molecule has 4 heteroatoms.